The van der Waals surface area contributed by atoms with Crippen LogP contribution in [0.15, 0.2) is 38.9 Å². The summed E-state index contributed by atoms with van der Waals surface area (Å²) < 4.78 is 3.41. The third-order valence-electron chi connectivity index (χ3n) is 4.57. The zero-order chi connectivity index (χ0) is 19.8. The fourth-order valence-electron chi connectivity index (χ4n) is 3.12. The Morgan fingerprint density at radius 3 is 2.79 bits per heavy atom. The quantitative estimate of drug-likeness (QED) is 0.295. The maximum absolute atomic E-state index is 12.3. The zero-order valence-electron chi connectivity index (χ0n) is 16.2. The van der Waals surface area contributed by atoms with Gasteiger partial charge in [0.05, 0.1) is 0 Å². The van der Waals surface area contributed by atoms with E-state index in [0.717, 1.165) is 67.9 Å². The van der Waals surface area contributed by atoms with Crippen molar-refractivity contribution in [3.63, 3.8) is 0 Å². The second kappa shape index (κ2) is 10.6. The molecular weight excluding hydrogens is 396 g/mol. The van der Waals surface area contributed by atoms with E-state index in [1.54, 1.807) is 23.5 Å². The van der Waals surface area contributed by atoms with Crippen molar-refractivity contribution in [1.82, 2.24) is 25.0 Å². The lowest BCUT2D eigenvalue weighted by atomic mass is 10.2. The average molecular weight is 423 g/mol. The van der Waals surface area contributed by atoms with Crippen molar-refractivity contribution in [3.05, 3.63) is 45.6 Å². The number of thioether (sulfide) groups is 1. The van der Waals surface area contributed by atoms with Gasteiger partial charge in [-0.25, -0.2) is 9.48 Å². The van der Waals surface area contributed by atoms with E-state index in [2.05, 4.69) is 20.7 Å². The summed E-state index contributed by atoms with van der Waals surface area (Å²) in [5.74, 6) is 2.63. The van der Waals surface area contributed by atoms with E-state index in [1.165, 1.54) is 4.90 Å². The number of benzene rings is 1. The average Bonchev–Trinajstić information content (AvgIpc) is 3.04. The highest BCUT2D eigenvalue weighted by Gasteiger charge is 2.16. The first-order valence-corrected chi connectivity index (χ1v) is 11.0. The molecule has 0 unspecified atom stereocenters. The molecule has 1 aliphatic heterocycles. The van der Waals surface area contributed by atoms with Crippen molar-refractivity contribution in [2.45, 2.75) is 43.7 Å². The first-order valence-electron chi connectivity index (χ1n) is 9.67. The molecule has 0 spiro atoms. The monoisotopic (exact) mass is 422 g/mol. The molecule has 0 radical (unpaired) electrons. The first-order chi connectivity index (χ1) is 13.7. The highest BCUT2D eigenvalue weighted by atomic mass is 35.5. The molecule has 0 aliphatic carbocycles. The van der Waals surface area contributed by atoms with Crippen LogP contribution in [0.1, 0.15) is 25.1 Å². The van der Waals surface area contributed by atoms with Crippen LogP contribution in [0.3, 0.4) is 0 Å². The molecular formula is C19H27ClN6OS. The first kappa shape index (κ1) is 20.8. The van der Waals surface area contributed by atoms with E-state index in [1.807, 2.05) is 28.8 Å². The molecule has 3 rings (SSSR count). The standard InChI is InChI=1S/C19H27ClN6OS/c1-21-18(23-11-14-28-16-8-6-15(20)7-9-16)22-10-4-13-26-19(27)25-12-3-2-5-17(25)24-26/h6-9H,2-5,10-14H2,1H3,(H2,21,22,23). The largest absolute Gasteiger partial charge is 0.356 e. The lowest BCUT2D eigenvalue weighted by Gasteiger charge is -2.11. The molecule has 28 heavy (non-hydrogen) atoms. The second-order valence-corrected chi connectivity index (χ2v) is 8.22. The molecule has 1 aromatic carbocycles. The lowest BCUT2D eigenvalue weighted by Crippen LogP contribution is -2.39. The summed E-state index contributed by atoms with van der Waals surface area (Å²) in [7, 11) is 1.76. The van der Waals surface area contributed by atoms with Crippen molar-refractivity contribution >= 4 is 29.3 Å². The molecule has 0 saturated heterocycles. The summed E-state index contributed by atoms with van der Waals surface area (Å²) in [4.78, 5) is 17.7. The fourth-order valence-corrected chi connectivity index (χ4v) is 4.01. The highest BCUT2D eigenvalue weighted by molar-refractivity contribution is 7.99. The number of aryl methyl sites for hydroxylation is 2. The number of halogens is 1. The molecule has 0 bridgehead atoms. The minimum absolute atomic E-state index is 0.0245. The number of hydrogen-bond donors (Lipinski definition) is 2. The van der Waals surface area contributed by atoms with Gasteiger partial charge in [-0.15, -0.1) is 11.8 Å². The molecule has 2 heterocycles. The Balaban J connectivity index is 1.34. The number of fused-ring (bicyclic) bond motifs is 1. The van der Waals surface area contributed by atoms with Gasteiger partial charge in [0.25, 0.3) is 0 Å². The van der Waals surface area contributed by atoms with Crippen LogP contribution in [-0.4, -0.2) is 46.2 Å². The summed E-state index contributed by atoms with van der Waals surface area (Å²) in [6.45, 7) is 2.96. The van der Waals surface area contributed by atoms with Crippen LogP contribution in [-0.2, 0) is 19.5 Å². The van der Waals surface area contributed by atoms with Gasteiger partial charge in [0, 0.05) is 55.3 Å². The Bertz CT molecular complexity index is 845. The molecule has 0 amide bonds. The van der Waals surface area contributed by atoms with Gasteiger partial charge in [-0.1, -0.05) is 11.6 Å². The third kappa shape index (κ3) is 5.78. The van der Waals surface area contributed by atoms with Crippen LogP contribution < -0.4 is 16.3 Å². The predicted octanol–water partition coefficient (Wildman–Crippen LogP) is 2.38. The number of nitrogens with one attached hydrogen (secondary N) is 2. The van der Waals surface area contributed by atoms with Crippen LogP contribution in [0.5, 0.6) is 0 Å². The maximum Gasteiger partial charge on any atom is 0.345 e. The summed E-state index contributed by atoms with van der Waals surface area (Å²) in [5, 5.41) is 11.8. The molecule has 2 N–H and O–H groups in total. The summed E-state index contributed by atoms with van der Waals surface area (Å²) in [6, 6.07) is 7.85. The van der Waals surface area contributed by atoms with Crippen molar-refractivity contribution in [3.8, 4) is 0 Å². The van der Waals surface area contributed by atoms with Crippen molar-refractivity contribution < 1.29 is 0 Å². The Kier molecular flexibility index (Phi) is 7.85. The van der Waals surface area contributed by atoms with Crippen LogP contribution in [0, 0.1) is 0 Å². The van der Waals surface area contributed by atoms with Crippen LogP contribution in [0.4, 0.5) is 0 Å². The van der Waals surface area contributed by atoms with Crippen molar-refractivity contribution in [1.29, 1.82) is 0 Å². The SMILES string of the molecule is CN=C(NCCCn1nc2n(c1=O)CCCC2)NCCSc1ccc(Cl)cc1. The number of guanidine groups is 1. The molecule has 9 heteroatoms. The van der Waals surface area contributed by atoms with Crippen LogP contribution in [0.2, 0.25) is 5.02 Å². The Morgan fingerprint density at radius 1 is 1.25 bits per heavy atom. The second-order valence-electron chi connectivity index (χ2n) is 6.61. The van der Waals surface area contributed by atoms with Gasteiger partial charge in [-0.3, -0.25) is 9.56 Å². The summed E-state index contributed by atoms with van der Waals surface area (Å²) in [6.07, 6.45) is 3.91. The molecule has 0 fully saturated rings. The van der Waals surface area contributed by atoms with Gasteiger partial charge >= 0.3 is 5.69 Å². The van der Waals surface area contributed by atoms with Crippen molar-refractivity contribution in [2.24, 2.45) is 4.99 Å². The molecule has 1 aromatic heterocycles. The number of rotatable bonds is 8. The Labute approximate surface area is 174 Å². The molecule has 1 aliphatic rings. The molecule has 2 aromatic rings. The van der Waals surface area contributed by atoms with Gasteiger partial charge in [0.15, 0.2) is 5.96 Å². The number of nitrogens with zero attached hydrogens (tertiary/aromatic N) is 4. The van der Waals surface area contributed by atoms with E-state index < -0.39 is 0 Å². The number of aliphatic imine (C=N–C) groups is 1. The molecule has 0 saturated carbocycles. The molecule has 0 atom stereocenters. The summed E-state index contributed by atoms with van der Waals surface area (Å²) in [5.41, 5.74) is 0.0245. The van der Waals surface area contributed by atoms with Gasteiger partial charge in [-0.2, -0.15) is 5.10 Å². The van der Waals surface area contributed by atoms with Gasteiger partial charge in [0.2, 0.25) is 0 Å². The lowest BCUT2D eigenvalue weighted by molar-refractivity contribution is 0.509. The van der Waals surface area contributed by atoms with Gasteiger partial charge < -0.3 is 10.6 Å². The Morgan fingerprint density at radius 2 is 2.04 bits per heavy atom. The fraction of sp³-hybridized carbons (Fsp3) is 0.526. The smallest absolute Gasteiger partial charge is 0.345 e. The number of hydrogen-bond acceptors (Lipinski definition) is 4. The van der Waals surface area contributed by atoms with E-state index in [-0.39, 0.29) is 5.69 Å². The molecule has 152 valence electrons. The summed E-state index contributed by atoms with van der Waals surface area (Å²) >= 11 is 7.67. The number of aromatic nitrogens is 3. The van der Waals surface area contributed by atoms with E-state index in [9.17, 15) is 4.79 Å². The van der Waals surface area contributed by atoms with E-state index in [4.69, 9.17) is 11.6 Å². The van der Waals surface area contributed by atoms with Crippen LogP contribution >= 0.6 is 23.4 Å². The van der Waals surface area contributed by atoms with Gasteiger partial charge in [0.1, 0.15) is 5.82 Å². The zero-order valence-corrected chi connectivity index (χ0v) is 17.7. The maximum atomic E-state index is 12.3. The van der Waals surface area contributed by atoms with E-state index in [0.29, 0.717) is 6.54 Å². The minimum Gasteiger partial charge on any atom is -0.356 e. The highest BCUT2D eigenvalue weighted by Crippen LogP contribution is 2.19. The molecule has 7 nitrogen and oxygen atoms in total. The van der Waals surface area contributed by atoms with Gasteiger partial charge in [-0.05, 0) is 43.5 Å². The van der Waals surface area contributed by atoms with Crippen LogP contribution in [0.25, 0.3) is 0 Å². The third-order valence-corrected chi connectivity index (χ3v) is 5.84. The Hall–Kier alpha value is -1.93. The topological polar surface area (TPSA) is 76.2 Å². The van der Waals surface area contributed by atoms with Crippen molar-refractivity contribution in [2.75, 3.05) is 25.9 Å². The predicted molar refractivity (Wildman–Crippen MR) is 116 cm³/mol. The normalized spacial score (nSPS) is 14.0. The van der Waals surface area contributed by atoms with E-state index >= 15 is 0 Å². The minimum atomic E-state index is 0.0245.